The van der Waals surface area contributed by atoms with Gasteiger partial charge in [0.1, 0.15) is 5.67 Å². The number of methoxy groups -OCH3 is 1. The van der Waals surface area contributed by atoms with Gasteiger partial charge >= 0.3 is 5.97 Å². The van der Waals surface area contributed by atoms with Crippen molar-refractivity contribution in [2.24, 2.45) is 5.41 Å². The smallest absolute Gasteiger partial charge is 0.321 e. The second kappa shape index (κ2) is 2.21. The summed E-state index contributed by atoms with van der Waals surface area (Å²) in [5.74, 6) is -1.03. The molecule has 0 aromatic heterocycles. The number of ether oxygens (including phenoxy) is 1. The first-order valence-corrected chi connectivity index (χ1v) is 4.08. The average molecular weight is 187 g/mol. The number of hydrogen-bond acceptors (Lipinski definition) is 3. The fraction of sp³-hybridized carbons (Fsp3) is 0.750. The van der Waals surface area contributed by atoms with Crippen LogP contribution in [0.25, 0.3) is 0 Å². The lowest BCUT2D eigenvalue weighted by atomic mass is 9.57. The summed E-state index contributed by atoms with van der Waals surface area (Å²) < 4.78 is 17.9. The second-order valence-electron chi connectivity index (χ2n) is 3.76. The average Bonchev–Trinajstić information content (AvgIpc) is 2.06. The van der Waals surface area contributed by atoms with E-state index in [4.69, 9.17) is 0 Å². The first kappa shape index (κ1) is 8.47. The number of halogens is 1. The Hall–Kier alpha value is -1.13. The van der Waals surface area contributed by atoms with Gasteiger partial charge in [0.15, 0.2) is 5.41 Å². The lowest BCUT2D eigenvalue weighted by molar-refractivity contribution is -0.186. The zero-order chi connectivity index (χ0) is 9.69. The van der Waals surface area contributed by atoms with Crippen LogP contribution in [0.3, 0.4) is 0 Å². The Morgan fingerprint density at radius 2 is 2.23 bits per heavy atom. The molecule has 3 rings (SSSR count). The molecule has 0 radical (unpaired) electrons. The standard InChI is InChI=1S/C8H10FNO3/c1-13-6(12)8-2-7(9,3-8)4-10-5(8)11/h2-4H2,1H3,(H,10,11). The summed E-state index contributed by atoms with van der Waals surface area (Å²) in [5.41, 5.74) is -2.62. The molecule has 4 nitrogen and oxygen atoms in total. The molecule has 2 aliphatic heterocycles. The van der Waals surface area contributed by atoms with Crippen LogP contribution in [0.4, 0.5) is 4.39 Å². The van der Waals surface area contributed by atoms with E-state index in [-0.39, 0.29) is 19.4 Å². The maximum Gasteiger partial charge on any atom is 0.321 e. The minimum atomic E-state index is -1.39. The zero-order valence-electron chi connectivity index (χ0n) is 7.22. The Morgan fingerprint density at radius 1 is 1.62 bits per heavy atom. The van der Waals surface area contributed by atoms with E-state index in [0.29, 0.717) is 0 Å². The van der Waals surface area contributed by atoms with Gasteiger partial charge in [0, 0.05) is 12.8 Å². The third kappa shape index (κ3) is 0.897. The van der Waals surface area contributed by atoms with Crippen molar-refractivity contribution in [3.05, 3.63) is 0 Å². The second-order valence-corrected chi connectivity index (χ2v) is 3.76. The first-order chi connectivity index (χ1) is 6.02. The summed E-state index contributed by atoms with van der Waals surface area (Å²) in [4.78, 5) is 22.5. The van der Waals surface area contributed by atoms with Gasteiger partial charge in [0.05, 0.1) is 13.7 Å². The molecule has 3 aliphatic rings. The van der Waals surface area contributed by atoms with Crippen molar-refractivity contribution in [2.45, 2.75) is 18.5 Å². The molecule has 0 aromatic carbocycles. The van der Waals surface area contributed by atoms with Crippen LogP contribution in [-0.4, -0.2) is 31.2 Å². The van der Waals surface area contributed by atoms with E-state index >= 15 is 0 Å². The van der Waals surface area contributed by atoms with Crippen molar-refractivity contribution in [1.82, 2.24) is 5.32 Å². The SMILES string of the molecule is COC(=O)C12CC(F)(CNC1=O)C2. The molecule has 0 spiro atoms. The van der Waals surface area contributed by atoms with Gasteiger partial charge < -0.3 is 10.1 Å². The number of hydrogen-bond donors (Lipinski definition) is 1. The van der Waals surface area contributed by atoms with Crippen LogP contribution in [0.15, 0.2) is 0 Å². The van der Waals surface area contributed by atoms with Crippen molar-refractivity contribution in [2.75, 3.05) is 13.7 Å². The molecule has 13 heavy (non-hydrogen) atoms. The highest BCUT2D eigenvalue weighted by atomic mass is 19.1. The van der Waals surface area contributed by atoms with Gasteiger partial charge in [-0.15, -0.1) is 0 Å². The van der Waals surface area contributed by atoms with Crippen LogP contribution < -0.4 is 5.32 Å². The molecule has 0 atom stereocenters. The number of amides is 1. The van der Waals surface area contributed by atoms with Gasteiger partial charge in [0.2, 0.25) is 5.91 Å². The normalized spacial score (nSPS) is 41.8. The molecule has 2 saturated heterocycles. The Morgan fingerprint density at radius 3 is 2.77 bits per heavy atom. The summed E-state index contributed by atoms with van der Waals surface area (Å²) in [5, 5.41) is 2.36. The zero-order valence-corrected chi connectivity index (χ0v) is 7.22. The highest BCUT2D eigenvalue weighted by Crippen LogP contribution is 2.54. The molecular formula is C8H10FNO3. The van der Waals surface area contributed by atoms with E-state index in [1.54, 1.807) is 0 Å². The number of nitrogens with one attached hydrogen (secondary N) is 1. The molecule has 1 amide bonds. The molecule has 72 valence electrons. The molecular weight excluding hydrogens is 177 g/mol. The number of alkyl halides is 1. The maximum atomic E-state index is 13.4. The number of piperidine rings is 2. The van der Waals surface area contributed by atoms with Crippen LogP contribution >= 0.6 is 0 Å². The summed E-state index contributed by atoms with van der Waals surface area (Å²) >= 11 is 0. The Kier molecular flexibility index (Phi) is 1.44. The van der Waals surface area contributed by atoms with Gasteiger partial charge in [-0.3, -0.25) is 9.59 Å². The van der Waals surface area contributed by atoms with Gasteiger partial charge in [-0.05, 0) is 0 Å². The van der Waals surface area contributed by atoms with E-state index in [1.165, 1.54) is 7.11 Å². The van der Waals surface area contributed by atoms with Crippen molar-refractivity contribution < 1.29 is 18.7 Å². The van der Waals surface area contributed by atoms with Gasteiger partial charge in [0.25, 0.3) is 0 Å². The highest BCUT2D eigenvalue weighted by molar-refractivity contribution is 6.05. The fourth-order valence-corrected chi connectivity index (χ4v) is 2.16. The predicted octanol–water partition coefficient (Wildman–Crippen LogP) is -0.222. The summed E-state index contributed by atoms with van der Waals surface area (Å²) in [7, 11) is 1.21. The molecule has 2 bridgehead atoms. The minimum Gasteiger partial charge on any atom is -0.468 e. The summed E-state index contributed by atoms with van der Waals surface area (Å²) in [6.07, 6.45) is -0.0585. The minimum absolute atomic E-state index is 0.0184. The van der Waals surface area contributed by atoms with Crippen LogP contribution in [0, 0.1) is 5.41 Å². The van der Waals surface area contributed by atoms with Gasteiger partial charge in [-0.1, -0.05) is 0 Å². The van der Waals surface area contributed by atoms with Crippen molar-refractivity contribution in [3.63, 3.8) is 0 Å². The number of fused-ring (bicyclic) bond motifs is 2. The Bertz CT molecular complexity index is 273. The lowest BCUT2D eigenvalue weighted by Gasteiger charge is -2.52. The third-order valence-corrected chi connectivity index (χ3v) is 2.81. The highest BCUT2D eigenvalue weighted by Gasteiger charge is 2.68. The maximum absolute atomic E-state index is 13.4. The number of carbonyl (C=O) groups is 2. The molecule has 1 aliphatic carbocycles. The van der Waals surface area contributed by atoms with E-state index in [2.05, 4.69) is 10.1 Å². The molecule has 1 saturated carbocycles. The number of carbonyl (C=O) groups excluding carboxylic acids is 2. The van der Waals surface area contributed by atoms with Gasteiger partial charge in [-0.2, -0.15) is 0 Å². The molecule has 1 N–H and O–H groups in total. The molecule has 0 aromatic rings. The molecule has 2 heterocycles. The summed E-state index contributed by atoms with van der Waals surface area (Å²) in [6.45, 7) is 0.0184. The Labute approximate surface area is 74.4 Å². The predicted molar refractivity (Wildman–Crippen MR) is 40.5 cm³/mol. The Balaban J connectivity index is 2.25. The van der Waals surface area contributed by atoms with E-state index < -0.39 is 23.0 Å². The quantitative estimate of drug-likeness (QED) is 0.456. The molecule has 5 heteroatoms. The number of rotatable bonds is 1. The fourth-order valence-electron chi connectivity index (χ4n) is 2.16. The van der Waals surface area contributed by atoms with E-state index in [0.717, 1.165) is 0 Å². The van der Waals surface area contributed by atoms with Crippen molar-refractivity contribution in [3.8, 4) is 0 Å². The van der Waals surface area contributed by atoms with Crippen LogP contribution in [0.2, 0.25) is 0 Å². The lowest BCUT2D eigenvalue weighted by Crippen LogP contribution is -2.70. The van der Waals surface area contributed by atoms with Crippen molar-refractivity contribution in [1.29, 1.82) is 0 Å². The molecule has 3 fully saturated rings. The third-order valence-electron chi connectivity index (χ3n) is 2.81. The van der Waals surface area contributed by atoms with Crippen LogP contribution in [-0.2, 0) is 14.3 Å². The first-order valence-electron chi connectivity index (χ1n) is 4.08. The topological polar surface area (TPSA) is 55.4 Å². The van der Waals surface area contributed by atoms with E-state index in [9.17, 15) is 14.0 Å². The van der Waals surface area contributed by atoms with Crippen LogP contribution in [0.5, 0.6) is 0 Å². The summed E-state index contributed by atoms with van der Waals surface area (Å²) in [6, 6.07) is 0. The van der Waals surface area contributed by atoms with Crippen molar-refractivity contribution >= 4 is 11.9 Å². The monoisotopic (exact) mass is 187 g/mol. The largest absolute Gasteiger partial charge is 0.468 e. The van der Waals surface area contributed by atoms with E-state index in [1.807, 2.05) is 0 Å². The molecule has 0 unspecified atom stereocenters. The van der Waals surface area contributed by atoms with Crippen LogP contribution in [0.1, 0.15) is 12.8 Å². The number of esters is 1. The van der Waals surface area contributed by atoms with Gasteiger partial charge in [-0.25, -0.2) is 4.39 Å².